The molecule has 2 heteroatoms. The van der Waals surface area contributed by atoms with Gasteiger partial charge in [-0.15, -0.1) is 0 Å². The zero-order valence-corrected chi connectivity index (χ0v) is 6.36. The van der Waals surface area contributed by atoms with Gasteiger partial charge in [0.25, 0.3) is 0 Å². The van der Waals surface area contributed by atoms with E-state index in [1.807, 2.05) is 0 Å². The van der Waals surface area contributed by atoms with Crippen LogP contribution in [0.3, 0.4) is 0 Å². The Hall–Kier alpha value is -0.400. The highest BCUT2D eigenvalue weighted by Crippen LogP contribution is 2.14. The van der Waals surface area contributed by atoms with Crippen molar-refractivity contribution in [3.8, 4) is 0 Å². The van der Waals surface area contributed by atoms with Crippen molar-refractivity contribution in [3.05, 3.63) is 0 Å². The normalized spacial score (nSPS) is 12.2. The first-order valence-corrected chi connectivity index (χ1v) is 3.09. The maximum absolute atomic E-state index is 12.7. The lowest BCUT2D eigenvalue weighted by Gasteiger charge is -2.14. The predicted octanol–water partition coefficient (Wildman–Crippen LogP) is 1.96. The van der Waals surface area contributed by atoms with Gasteiger partial charge < -0.3 is 0 Å². The van der Waals surface area contributed by atoms with Crippen LogP contribution in [0.25, 0.3) is 0 Å². The third kappa shape index (κ3) is 2.59. The van der Waals surface area contributed by atoms with E-state index in [-0.39, 0.29) is 11.7 Å². The Morgan fingerprint density at radius 3 is 1.78 bits per heavy atom. The molecule has 0 bridgehead atoms. The van der Waals surface area contributed by atoms with Crippen LogP contribution in [0.1, 0.15) is 27.7 Å². The SMILES string of the molecule is CC(C)C(=O)C(C)(C)F. The van der Waals surface area contributed by atoms with Crippen LogP contribution in [0.4, 0.5) is 4.39 Å². The average Bonchev–Trinajstić information content (AvgIpc) is 1.62. The lowest BCUT2D eigenvalue weighted by atomic mass is 9.96. The first-order valence-electron chi connectivity index (χ1n) is 3.09. The molecule has 0 radical (unpaired) electrons. The first-order chi connectivity index (χ1) is 3.85. The minimum absolute atomic E-state index is 0.204. The van der Waals surface area contributed by atoms with Crippen LogP contribution in [0, 0.1) is 5.92 Å². The van der Waals surface area contributed by atoms with Gasteiger partial charge in [0.05, 0.1) is 0 Å². The van der Waals surface area contributed by atoms with Crippen LogP contribution >= 0.6 is 0 Å². The summed E-state index contributed by atoms with van der Waals surface area (Å²) in [5.41, 5.74) is -1.66. The van der Waals surface area contributed by atoms with Crippen molar-refractivity contribution in [3.63, 3.8) is 0 Å². The van der Waals surface area contributed by atoms with E-state index in [9.17, 15) is 9.18 Å². The van der Waals surface area contributed by atoms with E-state index >= 15 is 0 Å². The molecule has 0 heterocycles. The highest BCUT2D eigenvalue weighted by molar-refractivity contribution is 5.87. The number of halogens is 1. The molecule has 0 unspecified atom stereocenters. The van der Waals surface area contributed by atoms with Gasteiger partial charge in [0.1, 0.15) is 0 Å². The van der Waals surface area contributed by atoms with Gasteiger partial charge in [0.15, 0.2) is 11.5 Å². The molecule has 0 amide bonds. The number of rotatable bonds is 2. The van der Waals surface area contributed by atoms with E-state index in [2.05, 4.69) is 0 Å². The highest BCUT2D eigenvalue weighted by Gasteiger charge is 2.28. The van der Waals surface area contributed by atoms with Crippen molar-refractivity contribution in [2.24, 2.45) is 5.92 Å². The smallest absolute Gasteiger partial charge is 0.171 e. The molecule has 0 aromatic heterocycles. The Morgan fingerprint density at radius 2 is 1.78 bits per heavy atom. The molecule has 0 fully saturated rings. The van der Waals surface area contributed by atoms with Crippen molar-refractivity contribution in [2.45, 2.75) is 33.4 Å². The van der Waals surface area contributed by atoms with E-state index < -0.39 is 5.67 Å². The molecule has 0 saturated carbocycles. The lowest BCUT2D eigenvalue weighted by molar-refractivity contribution is -0.131. The van der Waals surface area contributed by atoms with E-state index in [1.54, 1.807) is 13.8 Å². The molecule has 0 aliphatic heterocycles. The highest BCUT2D eigenvalue weighted by atomic mass is 19.1. The van der Waals surface area contributed by atoms with Gasteiger partial charge in [-0.2, -0.15) is 0 Å². The van der Waals surface area contributed by atoms with Crippen molar-refractivity contribution in [1.29, 1.82) is 0 Å². The number of hydrogen-bond donors (Lipinski definition) is 0. The van der Waals surface area contributed by atoms with E-state index in [4.69, 9.17) is 0 Å². The largest absolute Gasteiger partial charge is 0.296 e. The first kappa shape index (κ1) is 8.60. The zero-order chi connectivity index (χ0) is 7.65. The fourth-order valence-corrected chi connectivity index (χ4v) is 0.686. The Labute approximate surface area is 55.3 Å². The summed E-state index contributed by atoms with van der Waals surface area (Å²) in [6.07, 6.45) is 0. The van der Waals surface area contributed by atoms with Gasteiger partial charge >= 0.3 is 0 Å². The molecule has 0 aliphatic rings. The molecule has 9 heavy (non-hydrogen) atoms. The van der Waals surface area contributed by atoms with Gasteiger partial charge in [-0.05, 0) is 13.8 Å². The molecule has 0 aliphatic carbocycles. The molecule has 0 saturated heterocycles. The van der Waals surface area contributed by atoms with Crippen LogP contribution in [0.15, 0.2) is 0 Å². The monoisotopic (exact) mass is 132 g/mol. The molecular weight excluding hydrogens is 119 g/mol. The Morgan fingerprint density at radius 1 is 1.44 bits per heavy atom. The number of alkyl halides is 1. The van der Waals surface area contributed by atoms with Gasteiger partial charge in [-0.3, -0.25) is 4.79 Å². The Kier molecular flexibility index (Phi) is 2.35. The van der Waals surface area contributed by atoms with Crippen molar-refractivity contribution in [2.75, 3.05) is 0 Å². The minimum atomic E-state index is -1.66. The fraction of sp³-hybridized carbons (Fsp3) is 0.857. The summed E-state index contributed by atoms with van der Waals surface area (Å²) in [7, 11) is 0. The van der Waals surface area contributed by atoms with E-state index in [0.717, 1.165) is 0 Å². The standard InChI is InChI=1S/C7H13FO/c1-5(2)6(9)7(3,4)8/h5H,1-4H3. The second kappa shape index (κ2) is 2.46. The van der Waals surface area contributed by atoms with Gasteiger partial charge in [-0.25, -0.2) is 4.39 Å². The van der Waals surface area contributed by atoms with Crippen LogP contribution in [-0.2, 0) is 4.79 Å². The van der Waals surface area contributed by atoms with Gasteiger partial charge in [0, 0.05) is 5.92 Å². The second-order valence-electron chi connectivity index (χ2n) is 2.99. The fourth-order valence-electron chi connectivity index (χ4n) is 0.686. The summed E-state index contributed by atoms with van der Waals surface area (Å²) in [5, 5.41) is 0. The van der Waals surface area contributed by atoms with E-state index in [1.165, 1.54) is 13.8 Å². The lowest BCUT2D eigenvalue weighted by Crippen LogP contribution is -2.29. The molecule has 0 spiro atoms. The summed E-state index contributed by atoms with van der Waals surface area (Å²) in [6, 6.07) is 0. The molecule has 0 atom stereocenters. The number of carbonyl (C=O) groups excluding carboxylic acids is 1. The summed E-state index contributed by atoms with van der Waals surface area (Å²) in [6.45, 7) is 5.97. The minimum Gasteiger partial charge on any atom is -0.296 e. The van der Waals surface area contributed by atoms with E-state index in [0.29, 0.717) is 0 Å². The van der Waals surface area contributed by atoms with Crippen LogP contribution in [0.5, 0.6) is 0 Å². The molecular formula is C7H13FO. The molecule has 0 aromatic rings. The van der Waals surface area contributed by atoms with Gasteiger partial charge in [0.2, 0.25) is 0 Å². The average molecular weight is 132 g/mol. The van der Waals surface area contributed by atoms with Gasteiger partial charge in [-0.1, -0.05) is 13.8 Å². The quantitative estimate of drug-likeness (QED) is 0.561. The molecule has 0 N–H and O–H groups in total. The summed E-state index contributed by atoms with van der Waals surface area (Å²) >= 11 is 0. The van der Waals surface area contributed by atoms with Crippen molar-refractivity contribution >= 4 is 5.78 Å². The summed E-state index contributed by atoms with van der Waals surface area (Å²) in [5.74, 6) is -0.535. The Balaban J connectivity index is 4.06. The molecule has 1 nitrogen and oxygen atoms in total. The molecule has 0 aromatic carbocycles. The zero-order valence-electron chi connectivity index (χ0n) is 6.36. The number of hydrogen-bond acceptors (Lipinski definition) is 1. The number of carbonyl (C=O) groups is 1. The third-order valence-electron chi connectivity index (χ3n) is 1.11. The van der Waals surface area contributed by atoms with Crippen LogP contribution < -0.4 is 0 Å². The maximum Gasteiger partial charge on any atom is 0.171 e. The van der Waals surface area contributed by atoms with Crippen LogP contribution in [0.2, 0.25) is 0 Å². The maximum atomic E-state index is 12.7. The molecule has 54 valence electrons. The third-order valence-corrected chi connectivity index (χ3v) is 1.11. The predicted molar refractivity (Wildman–Crippen MR) is 35.0 cm³/mol. The summed E-state index contributed by atoms with van der Waals surface area (Å²) in [4.78, 5) is 10.8. The number of Topliss-reactive ketones (excluding diaryl/α,β-unsaturated/α-hetero) is 1. The van der Waals surface area contributed by atoms with Crippen molar-refractivity contribution < 1.29 is 9.18 Å². The molecule has 0 rings (SSSR count). The topological polar surface area (TPSA) is 17.1 Å². The number of ketones is 1. The summed E-state index contributed by atoms with van der Waals surface area (Å²) < 4.78 is 12.7. The van der Waals surface area contributed by atoms with Crippen LogP contribution in [-0.4, -0.2) is 11.5 Å². The Bertz CT molecular complexity index is 111. The van der Waals surface area contributed by atoms with Crippen molar-refractivity contribution in [1.82, 2.24) is 0 Å². The second-order valence-corrected chi connectivity index (χ2v) is 2.99.